The van der Waals surface area contributed by atoms with E-state index < -0.39 is 0 Å². The first-order chi connectivity index (χ1) is 19.6. The summed E-state index contributed by atoms with van der Waals surface area (Å²) < 4.78 is 0. The fourth-order valence-electron chi connectivity index (χ4n) is 4.92. The van der Waals surface area contributed by atoms with Crippen molar-refractivity contribution in [3.63, 3.8) is 0 Å². The van der Waals surface area contributed by atoms with Crippen molar-refractivity contribution in [2.24, 2.45) is 0 Å². The maximum absolute atomic E-state index is 14.8. The van der Waals surface area contributed by atoms with E-state index in [4.69, 9.17) is 23.2 Å². The number of anilines is 1. The summed E-state index contributed by atoms with van der Waals surface area (Å²) in [6, 6.07) is 44.8. The molecule has 1 aliphatic rings. The van der Waals surface area contributed by atoms with E-state index >= 15 is 0 Å². The molecule has 194 valence electrons. The van der Waals surface area contributed by atoms with Crippen LogP contribution in [0.3, 0.4) is 0 Å². The van der Waals surface area contributed by atoms with Gasteiger partial charge in [-0.2, -0.15) is 0 Å². The summed E-state index contributed by atoms with van der Waals surface area (Å²) in [7, 11) is 0. The van der Waals surface area contributed by atoms with Gasteiger partial charge in [0.2, 0.25) is 0 Å². The Morgan fingerprint density at radius 2 is 1.02 bits per heavy atom. The molecule has 0 bridgehead atoms. The first-order valence-corrected chi connectivity index (χ1v) is 13.6. The van der Waals surface area contributed by atoms with Gasteiger partial charge in [0.1, 0.15) is 5.82 Å². The number of benzene rings is 5. The average Bonchev–Trinajstić information content (AvgIpc) is 3.00. The summed E-state index contributed by atoms with van der Waals surface area (Å²) in [4.78, 5) is 16.5. The van der Waals surface area contributed by atoms with Gasteiger partial charge >= 0.3 is 0 Å². The van der Waals surface area contributed by atoms with Crippen molar-refractivity contribution in [1.29, 1.82) is 0 Å². The van der Waals surface area contributed by atoms with Crippen molar-refractivity contribution in [2.75, 3.05) is 4.90 Å². The highest BCUT2D eigenvalue weighted by atomic mass is 35.5. The lowest BCUT2D eigenvalue weighted by Gasteiger charge is -2.36. The van der Waals surface area contributed by atoms with Crippen molar-refractivity contribution in [1.82, 2.24) is 5.32 Å². The first kappa shape index (κ1) is 25.7. The third kappa shape index (κ3) is 5.05. The van der Waals surface area contributed by atoms with Crippen molar-refractivity contribution >= 4 is 51.6 Å². The smallest absolute Gasteiger partial charge is 0.266 e. The fourth-order valence-corrected chi connectivity index (χ4v) is 5.18. The zero-order valence-corrected chi connectivity index (χ0v) is 22.9. The summed E-state index contributed by atoms with van der Waals surface area (Å²) in [5.41, 5.74) is 6.46. The second kappa shape index (κ2) is 11.3. The molecule has 5 heteroatoms. The molecule has 0 spiro atoms. The Bertz CT molecular complexity index is 1670. The van der Waals surface area contributed by atoms with Gasteiger partial charge < -0.3 is 5.32 Å². The van der Waals surface area contributed by atoms with E-state index in [2.05, 4.69) is 29.6 Å². The molecule has 0 saturated heterocycles. The number of amides is 1. The molecule has 5 aromatic carbocycles. The molecule has 0 atom stereocenters. The van der Waals surface area contributed by atoms with E-state index in [1.807, 2.05) is 103 Å². The Morgan fingerprint density at radius 3 is 1.55 bits per heavy atom. The summed E-state index contributed by atoms with van der Waals surface area (Å²) in [6.45, 7) is 0. The third-order valence-corrected chi connectivity index (χ3v) is 7.28. The van der Waals surface area contributed by atoms with Crippen LogP contribution in [0.2, 0.25) is 10.0 Å². The number of hydrogen-bond acceptors (Lipinski definition) is 2. The Kier molecular flexibility index (Phi) is 7.24. The molecule has 40 heavy (non-hydrogen) atoms. The van der Waals surface area contributed by atoms with Crippen LogP contribution in [0.25, 0.3) is 16.8 Å². The van der Waals surface area contributed by atoms with Gasteiger partial charge in [0, 0.05) is 15.6 Å². The molecule has 0 saturated carbocycles. The number of carbonyl (C=O) groups excluding carboxylic acids is 1. The second-order valence-corrected chi connectivity index (χ2v) is 10.2. The molecule has 0 aromatic heterocycles. The zero-order valence-electron chi connectivity index (χ0n) is 21.4. The van der Waals surface area contributed by atoms with Crippen LogP contribution in [0.4, 0.5) is 5.69 Å². The SMILES string of the molecule is O=C1C(c2ccccc2)=C(c2ccc(Cl)cc2)NC(=C(c2ccccc2)c2ccccc2)N1c1ccc(Cl)cc1. The van der Waals surface area contributed by atoms with Crippen molar-refractivity contribution in [2.45, 2.75) is 0 Å². The van der Waals surface area contributed by atoms with Crippen LogP contribution < -0.4 is 10.2 Å². The van der Waals surface area contributed by atoms with Crippen LogP contribution in [-0.2, 0) is 4.79 Å². The molecule has 5 aromatic rings. The molecule has 0 unspecified atom stereocenters. The van der Waals surface area contributed by atoms with Crippen LogP contribution in [0, 0.1) is 0 Å². The molecular formula is C35H24Cl2N2O. The fraction of sp³-hybridized carbons (Fsp3) is 0. The second-order valence-electron chi connectivity index (χ2n) is 9.32. The molecule has 0 fully saturated rings. The predicted octanol–water partition coefficient (Wildman–Crippen LogP) is 8.92. The quantitative estimate of drug-likeness (QED) is 0.233. The summed E-state index contributed by atoms with van der Waals surface area (Å²) >= 11 is 12.5. The molecule has 1 heterocycles. The standard InChI is InChI=1S/C35H24Cl2N2O/c36-28-18-16-27(17-19-28)33-32(26-14-8-3-9-15-26)35(40)39(30-22-20-29(37)21-23-30)34(38-33)31(24-10-4-1-5-11-24)25-12-6-2-7-13-25/h1-23,38H. The van der Waals surface area contributed by atoms with Gasteiger partial charge in [-0.25, -0.2) is 0 Å². The maximum Gasteiger partial charge on any atom is 0.266 e. The van der Waals surface area contributed by atoms with Gasteiger partial charge in [-0.3, -0.25) is 9.69 Å². The minimum Gasteiger partial charge on any atom is -0.340 e. The van der Waals surface area contributed by atoms with Gasteiger partial charge in [0.05, 0.1) is 17.0 Å². The Morgan fingerprint density at radius 1 is 0.550 bits per heavy atom. The van der Waals surface area contributed by atoms with Crippen LogP contribution in [0.5, 0.6) is 0 Å². The normalized spacial score (nSPS) is 13.3. The summed E-state index contributed by atoms with van der Waals surface area (Å²) in [6.07, 6.45) is 0. The summed E-state index contributed by atoms with van der Waals surface area (Å²) in [5.74, 6) is 0.492. The van der Waals surface area contributed by atoms with E-state index in [9.17, 15) is 4.79 Å². The van der Waals surface area contributed by atoms with E-state index in [-0.39, 0.29) is 5.91 Å². The topological polar surface area (TPSA) is 32.3 Å². The number of nitrogens with zero attached hydrogens (tertiary/aromatic N) is 1. The molecular weight excluding hydrogens is 535 g/mol. The lowest BCUT2D eigenvalue weighted by molar-refractivity contribution is -0.113. The highest BCUT2D eigenvalue weighted by molar-refractivity contribution is 6.35. The highest BCUT2D eigenvalue weighted by Crippen LogP contribution is 2.39. The number of carbonyl (C=O) groups is 1. The Balaban J connectivity index is 1.70. The van der Waals surface area contributed by atoms with Gasteiger partial charge in [-0.1, -0.05) is 126 Å². The van der Waals surface area contributed by atoms with Crippen molar-refractivity contribution in [3.8, 4) is 0 Å². The average molecular weight is 559 g/mol. The van der Waals surface area contributed by atoms with Gasteiger partial charge in [0.25, 0.3) is 5.91 Å². The number of nitrogens with one attached hydrogen (secondary N) is 1. The van der Waals surface area contributed by atoms with Crippen molar-refractivity contribution < 1.29 is 4.79 Å². The highest BCUT2D eigenvalue weighted by Gasteiger charge is 2.35. The zero-order chi connectivity index (χ0) is 27.5. The minimum absolute atomic E-state index is 0.156. The number of hydrogen-bond donors (Lipinski definition) is 1. The van der Waals surface area contributed by atoms with E-state index in [0.29, 0.717) is 32.8 Å². The molecule has 1 amide bonds. The lowest BCUT2D eigenvalue weighted by Crippen LogP contribution is -2.43. The molecule has 3 nitrogen and oxygen atoms in total. The molecule has 1 aliphatic heterocycles. The molecule has 6 rings (SSSR count). The van der Waals surface area contributed by atoms with E-state index in [1.165, 1.54) is 0 Å². The van der Waals surface area contributed by atoms with Crippen LogP contribution in [-0.4, -0.2) is 5.91 Å². The van der Waals surface area contributed by atoms with Crippen LogP contribution in [0.1, 0.15) is 22.3 Å². The molecule has 0 radical (unpaired) electrons. The molecule has 1 N–H and O–H groups in total. The number of halogens is 2. The van der Waals surface area contributed by atoms with Crippen LogP contribution in [0.15, 0.2) is 145 Å². The first-order valence-electron chi connectivity index (χ1n) is 12.9. The van der Waals surface area contributed by atoms with Crippen LogP contribution >= 0.6 is 23.2 Å². The van der Waals surface area contributed by atoms with E-state index in [1.54, 1.807) is 17.0 Å². The Labute approximate surface area is 243 Å². The van der Waals surface area contributed by atoms with Crippen molar-refractivity contribution in [3.05, 3.63) is 178 Å². The monoisotopic (exact) mass is 558 g/mol. The lowest BCUT2D eigenvalue weighted by atomic mass is 9.92. The largest absolute Gasteiger partial charge is 0.340 e. The van der Waals surface area contributed by atoms with Gasteiger partial charge in [0.15, 0.2) is 0 Å². The third-order valence-electron chi connectivity index (χ3n) is 6.78. The van der Waals surface area contributed by atoms with E-state index in [0.717, 1.165) is 27.8 Å². The van der Waals surface area contributed by atoms with Gasteiger partial charge in [-0.15, -0.1) is 0 Å². The maximum atomic E-state index is 14.8. The minimum atomic E-state index is -0.156. The number of rotatable bonds is 5. The Hall–Kier alpha value is -4.57. The predicted molar refractivity (Wildman–Crippen MR) is 166 cm³/mol. The summed E-state index contributed by atoms with van der Waals surface area (Å²) in [5, 5.41) is 4.94. The van der Waals surface area contributed by atoms with Gasteiger partial charge in [-0.05, 0) is 58.7 Å². The molecule has 0 aliphatic carbocycles.